The highest BCUT2D eigenvalue weighted by molar-refractivity contribution is 7.99. The fraction of sp³-hybridized carbons (Fsp3) is 0.385. The van der Waals surface area contributed by atoms with E-state index in [4.69, 9.17) is 5.11 Å². The number of aliphatic carboxylic acids is 1. The number of hydrogen-bond acceptors (Lipinski definition) is 3. The minimum Gasteiger partial charge on any atom is -0.480 e. The minimum atomic E-state index is -1.03. The van der Waals surface area contributed by atoms with Gasteiger partial charge in [-0.2, -0.15) is 0 Å². The lowest BCUT2D eigenvalue weighted by atomic mass is 10.3. The van der Waals surface area contributed by atoms with Crippen LogP contribution in [-0.2, 0) is 9.59 Å². The molecule has 0 radical (unpaired) electrons. The standard InChI is InChI=1S/C13H16FNO3S/c1-9(13(17)18)15(2)12(16)7-8-19-11-5-3-10(14)4-6-11/h3-6,9H,7-8H2,1-2H3,(H,17,18). The Morgan fingerprint density at radius 2 is 1.95 bits per heavy atom. The maximum absolute atomic E-state index is 12.7. The molecule has 0 spiro atoms. The normalized spacial score (nSPS) is 11.9. The molecule has 1 amide bonds. The Hall–Kier alpha value is -1.56. The Kier molecular flexibility index (Phi) is 5.82. The number of benzene rings is 1. The number of amides is 1. The van der Waals surface area contributed by atoms with Gasteiger partial charge in [-0.1, -0.05) is 0 Å². The van der Waals surface area contributed by atoms with Gasteiger partial charge in [0.15, 0.2) is 0 Å². The van der Waals surface area contributed by atoms with E-state index in [-0.39, 0.29) is 18.1 Å². The summed E-state index contributed by atoms with van der Waals surface area (Å²) in [7, 11) is 1.48. The molecule has 0 bridgehead atoms. The second-order valence-corrected chi connectivity index (χ2v) is 5.24. The molecule has 104 valence electrons. The highest BCUT2D eigenvalue weighted by Gasteiger charge is 2.20. The van der Waals surface area contributed by atoms with Gasteiger partial charge in [0.1, 0.15) is 11.9 Å². The molecule has 1 aromatic rings. The van der Waals surface area contributed by atoms with Crippen molar-refractivity contribution in [1.82, 2.24) is 4.90 Å². The van der Waals surface area contributed by atoms with Crippen molar-refractivity contribution in [3.8, 4) is 0 Å². The van der Waals surface area contributed by atoms with Gasteiger partial charge in [0.25, 0.3) is 0 Å². The summed E-state index contributed by atoms with van der Waals surface area (Å²) in [5.41, 5.74) is 0. The Bertz CT molecular complexity index is 450. The molecule has 1 unspecified atom stereocenters. The second kappa shape index (κ2) is 7.13. The smallest absolute Gasteiger partial charge is 0.326 e. The molecule has 0 aliphatic heterocycles. The van der Waals surface area contributed by atoms with Crippen LogP contribution in [0.4, 0.5) is 4.39 Å². The first-order valence-corrected chi connectivity index (χ1v) is 6.77. The molecular weight excluding hydrogens is 269 g/mol. The number of thioether (sulfide) groups is 1. The maximum Gasteiger partial charge on any atom is 0.326 e. The third kappa shape index (κ3) is 4.90. The van der Waals surface area contributed by atoms with Crippen molar-refractivity contribution in [2.24, 2.45) is 0 Å². The SMILES string of the molecule is CC(C(=O)O)N(C)C(=O)CCSc1ccc(F)cc1. The molecule has 0 aliphatic carbocycles. The summed E-state index contributed by atoms with van der Waals surface area (Å²) in [6.07, 6.45) is 0.246. The predicted molar refractivity (Wildman–Crippen MR) is 71.6 cm³/mol. The van der Waals surface area contributed by atoms with Gasteiger partial charge in [0, 0.05) is 24.1 Å². The van der Waals surface area contributed by atoms with E-state index in [1.54, 1.807) is 12.1 Å². The number of carboxylic acids is 1. The molecule has 1 rings (SSSR count). The van der Waals surface area contributed by atoms with E-state index in [9.17, 15) is 14.0 Å². The number of nitrogens with zero attached hydrogens (tertiary/aromatic N) is 1. The van der Waals surface area contributed by atoms with Crippen LogP contribution in [0.1, 0.15) is 13.3 Å². The Balaban J connectivity index is 2.38. The molecular formula is C13H16FNO3S. The van der Waals surface area contributed by atoms with Crippen molar-refractivity contribution in [2.75, 3.05) is 12.8 Å². The molecule has 0 heterocycles. The fourth-order valence-corrected chi connectivity index (χ4v) is 2.19. The van der Waals surface area contributed by atoms with Crippen molar-refractivity contribution in [1.29, 1.82) is 0 Å². The summed E-state index contributed by atoms with van der Waals surface area (Å²) in [6.45, 7) is 1.47. The van der Waals surface area contributed by atoms with Crippen LogP contribution in [-0.4, -0.2) is 40.7 Å². The average Bonchev–Trinajstić information content (AvgIpc) is 2.39. The van der Waals surface area contributed by atoms with E-state index in [1.165, 1.54) is 42.8 Å². The van der Waals surface area contributed by atoms with Crippen LogP contribution in [0.15, 0.2) is 29.2 Å². The molecule has 19 heavy (non-hydrogen) atoms. The number of hydrogen-bond donors (Lipinski definition) is 1. The summed E-state index contributed by atoms with van der Waals surface area (Å²) in [5.74, 6) is -1.01. The minimum absolute atomic E-state index is 0.218. The molecule has 0 aliphatic rings. The molecule has 4 nitrogen and oxygen atoms in total. The van der Waals surface area contributed by atoms with Crippen LogP contribution < -0.4 is 0 Å². The second-order valence-electron chi connectivity index (χ2n) is 4.07. The average molecular weight is 285 g/mol. The van der Waals surface area contributed by atoms with Crippen molar-refractivity contribution in [3.63, 3.8) is 0 Å². The summed E-state index contributed by atoms with van der Waals surface area (Å²) in [6, 6.07) is 5.19. The first kappa shape index (κ1) is 15.5. The quantitative estimate of drug-likeness (QED) is 0.814. The number of carbonyl (C=O) groups is 2. The third-order valence-corrected chi connectivity index (χ3v) is 3.74. The molecule has 0 saturated heterocycles. The molecule has 1 aromatic carbocycles. The topological polar surface area (TPSA) is 57.6 Å². The number of likely N-dealkylation sites (N-methyl/N-ethyl adjacent to an activating group) is 1. The zero-order valence-electron chi connectivity index (χ0n) is 10.8. The van der Waals surface area contributed by atoms with Gasteiger partial charge in [0.2, 0.25) is 5.91 Å². The first-order chi connectivity index (χ1) is 8.91. The Morgan fingerprint density at radius 3 is 2.47 bits per heavy atom. The van der Waals surface area contributed by atoms with Crippen molar-refractivity contribution >= 4 is 23.6 Å². The zero-order valence-corrected chi connectivity index (χ0v) is 11.6. The third-order valence-electron chi connectivity index (χ3n) is 2.73. The summed E-state index contributed by atoms with van der Waals surface area (Å²) >= 11 is 1.43. The lowest BCUT2D eigenvalue weighted by molar-refractivity contribution is -0.148. The molecule has 0 fully saturated rings. The lowest BCUT2D eigenvalue weighted by Crippen LogP contribution is -2.40. The highest BCUT2D eigenvalue weighted by Crippen LogP contribution is 2.19. The zero-order chi connectivity index (χ0) is 14.4. The Labute approximate surface area is 115 Å². The Morgan fingerprint density at radius 1 is 1.37 bits per heavy atom. The number of carbonyl (C=O) groups excluding carboxylic acids is 1. The van der Waals surface area contributed by atoms with Gasteiger partial charge >= 0.3 is 5.97 Å². The number of rotatable bonds is 6. The summed E-state index contributed by atoms with van der Waals surface area (Å²) in [5, 5.41) is 8.80. The molecule has 6 heteroatoms. The van der Waals surface area contributed by atoms with Gasteiger partial charge in [-0.3, -0.25) is 4.79 Å². The van der Waals surface area contributed by atoms with Crippen LogP contribution >= 0.6 is 11.8 Å². The van der Waals surface area contributed by atoms with Gasteiger partial charge in [-0.05, 0) is 31.2 Å². The van der Waals surface area contributed by atoms with Gasteiger partial charge in [-0.25, -0.2) is 9.18 Å². The molecule has 1 atom stereocenters. The number of carboxylic acid groups (broad SMARTS) is 1. The van der Waals surface area contributed by atoms with Gasteiger partial charge in [-0.15, -0.1) is 11.8 Å². The molecule has 0 aromatic heterocycles. The first-order valence-electron chi connectivity index (χ1n) is 5.78. The lowest BCUT2D eigenvalue weighted by Gasteiger charge is -2.21. The van der Waals surface area contributed by atoms with Crippen LogP contribution in [0, 0.1) is 5.82 Å². The monoisotopic (exact) mass is 285 g/mol. The van der Waals surface area contributed by atoms with Crippen molar-refractivity contribution in [3.05, 3.63) is 30.1 Å². The van der Waals surface area contributed by atoms with E-state index >= 15 is 0 Å². The summed E-state index contributed by atoms with van der Waals surface area (Å²) < 4.78 is 12.7. The summed E-state index contributed by atoms with van der Waals surface area (Å²) in [4.78, 5) is 24.6. The van der Waals surface area contributed by atoms with E-state index in [2.05, 4.69) is 0 Å². The van der Waals surface area contributed by atoms with E-state index in [0.29, 0.717) is 5.75 Å². The van der Waals surface area contributed by atoms with Crippen LogP contribution in [0.5, 0.6) is 0 Å². The van der Waals surface area contributed by atoms with E-state index in [0.717, 1.165) is 4.90 Å². The number of halogens is 1. The largest absolute Gasteiger partial charge is 0.480 e. The van der Waals surface area contributed by atoms with Gasteiger partial charge < -0.3 is 10.0 Å². The fourth-order valence-electron chi connectivity index (χ4n) is 1.35. The van der Waals surface area contributed by atoms with Gasteiger partial charge in [0.05, 0.1) is 0 Å². The van der Waals surface area contributed by atoms with Crippen molar-refractivity contribution in [2.45, 2.75) is 24.3 Å². The predicted octanol–water partition coefficient (Wildman–Crippen LogP) is 2.24. The molecule has 1 N–H and O–H groups in total. The maximum atomic E-state index is 12.7. The van der Waals surface area contributed by atoms with Crippen LogP contribution in [0.25, 0.3) is 0 Å². The van der Waals surface area contributed by atoms with E-state index in [1.807, 2.05) is 0 Å². The van der Waals surface area contributed by atoms with Crippen LogP contribution in [0.2, 0.25) is 0 Å². The van der Waals surface area contributed by atoms with Crippen molar-refractivity contribution < 1.29 is 19.1 Å². The highest BCUT2D eigenvalue weighted by atomic mass is 32.2. The van der Waals surface area contributed by atoms with Crippen LogP contribution in [0.3, 0.4) is 0 Å². The molecule has 0 saturated carbocycles. The van der Waals surface area contributed by atoms with E-state index < -0.39 is 12.0 Å².